The van der Waals surface area contributed by atoms with E-state index in [-0.39, 0.29) is 5.91 Å². The third-order valence-electron chi connectivity index (χ3n) is 1.80. The Bertz CT molecular complexity index is 314. The van der Waals surface area contributed by atoms with Crippen LogP contribution in [0.15, 0.2) is 15.9 Å². The number of amides is 1. The van der Waals surface area contributed by atoms with E-state index in [1.807, 2.05) is 12.1 Å². The molecule has 0 unspecified atom stereocenters. The van der Waals surface area contributed by atoms with Crippen LogP contribution in [0, 0.1) is 0 Å². The Morgan fingerprint density at radius 3 is 2.93 bits per heavy atom. The summed E-state index contributed by atoms with van der Waals surface area (Å²) in [5.41, 5.74) is 0. The van der Waals surface area contributed by atoms with Gasteiger partial charge in [-0.05, 0) is 41.0 Å². The van der Waals surface area contributed by atoms with Crippen molar-refractivity contribution in [3.63, 3.8) is 0 Å². The highest BCUT2D eigenvalue weighted by Gasteiger charge is 2.01. The van der Waals surface area contributed by atoms with Crippen LogP contribution in [0.2, 0.25) is 0 Å². The lowest BCUT2D eigenvalue weighted by molar-refractivity contribution is -0.120. The molecule has 0 bridgehead atoms. The first-order valence-electron chi connectivity index (χ1n) is 4.94. The minimum absolute atomic E-state index is 0.0490. The largest absolute Gasteiger partial charge is 0.350 e. The van der Waals surface area contributed by atoms with Crippen molar-refractivity contribution >= 4 is 33.2 Å². The van der Waals surface area contributed by atoms with Crippen molar-refractivity contribution in [1.82, 2.24) is 10.6 Å². The van der Waals surface area contributed by atoms with Crippen LogP contribution >= 0.6 is 27.3 Å². The molecule has 1 rings (SSSR count). The molecule has 0 fully saturated rings. The Morgan fingerprint density at radius 1 is 1.53 bits per heavy atom. The number of carbonyl (C=O) groups is 1. The summed E-state index contributed by atoms with van der Waals surface area (Å²) in [6, 6.07) is 4.00. The summed E-state index contributed by atoms with van der Waals surface area (Å²) in [5, 5.41) is 5.92. The lowest BCUT2D eigenvalue weighted by Gasteiger charge is -2.04. The summed E-state index contributed by atoms with van der Waals surface area (Å²) in [4.78, 5) is 12.5. The van der Waals surface area contributed by atoms with Crippen molar-refractivity contribution in [1.29, 1.82) is 0 Å². The van der Waals surface area contributed by atoms with E-state index in [2.05, 4.69) is 33.5 Å². The first-order valence-corrected chi connectivity index (χ1v) is 6.55. The van der Waals surface area contributed by atoms with Gasteiger partial charge in [0, 0.05) is 4.88 Å². The van der Waals surface area contributed by atoms with Crippen molar-refractivity contribution in [2.24, 2.45) is 0 Å². The maximum Gasteiger partial charge on any atom is 0.234 e. The fourth-order valence-corrected chi connectivity index (χ4v) is 2.50. The molecule has 0 aliphatic rings. The molecule has 0 saturated carbocycles. The van der Waals surface area contributed by atoms with E-state index in [1.54, 1.807) is 11.3 Å². The van der Waals surface area contributed by atoms with Gasteiger partial charge < -0.3 is 10.6 Å². The number of thiophene rings is 1. The van der Waals surface area contributed by atoms with Crippen LogP contribution in [0.5, 0.6) is 0 Å². The average molecular weight is 291 g/mol. The maximum absolute atomic E-state index is 11.3. The predicted molar refractivity (Wildman–Crippen MR) is 67.0 cm³/mol. The molecule has 0 radical (unpaired) electrons. The van der Waals surface area contributed by atoms with Crippen LogP contribution in [0.4, 0.5) is 0 Å². The van der Waals surface area contributed by atoms with Gasteiger partial charge in [-0.15, -0.1) is 11.3 Å². The molecular formula is C10H15BrN2OS. The molecule has 1 amide bonds. The summed E-state index contributed by atoms with van der Waals surface area (Å²) in [6.07, 6.45) is 1.05. The van der Waals surface area contributed by atoms with Gasteiger partial charge in [0.1, 0.15) is 0 Å². The van der Waals surface area contributed by atoms with E-state index >= 15 is 0 Å². The summed E-state index contributed by atoms with van der Waals surface area (Å²) >= 11 is 5.02. The second-order valence-corrected chi connectivity index (χ2v) is 5.71. The molecule has 2 N–H and O–H groups in total. The Morgan fingerprint density at radius 2 is 2.33 bits per heavy atom. The third-order valence-corrected chi connectivity index (χ3v) is 3.42. The van der Waals surface area contributed by atoms with E-state index in [0.29, 0.717) is 13.1 Å². The highest BCUT2D eigenvalue weighted by Crippen LogP contribution is 2.21. The fraction of sp³-hybridized carbons (Fsp3) is 0.500. The molecule has 1 heterocycles. The summed E-state index contributed by atoms with van der Waals surface area (Å²) in [7, 11) is 0. The Kier molecular flexibility index (Phi) is 5.90. The summed E-state index contributed by atoms with van der Waals surface area (Å²) in [5.74, 6) is 0.0490. The van der Waals surface area contributed by atoms with Gasteiger partial charge in [0.2, 0.25) is 5.91 Å². The van der Waals surface area contributed by atoms with Gasteiger partial charge in [-0.25, -0.2) is 0 Å². The normalized spacial score (nSPS) is 10.3. The average Bonchev–Trinajstić information content (AvgIpc) is 2.62. The number of nitrogens with one attached hydrogen (secondary N) is 2. The fourth-order valence-electron chi connectivity index (χ4n) is 1.07. The van der Waals surface area contributed by atoms with Gasteiger partial charge in [-0.2, -0.15) is 0 Å². The maximum atomic E-state index is 11.3. The van der Waals surface area contributed by atoms with Gasteiger partial charge in [0.15, 0.2) is 0 Å². The Balaban J connectivity index is 2.16. The van der Waals surface area contributed by atoms with Crippen LogP contribution in [0.25, 0.3) is 0 Å². The molecule has 1 aromatic rings. The first-order chi connectivity index (χ1) is 7.22. The smallest absolute Gasteiger partial charge is 0.234 e. The molecule has 0 saturated heterocycles. The van der Waals surface area contributed by atoms with Crippen molar-refractivity contribution in [3.05, 3.63) is 20.8 Å². The minimum Gasteiger partial charge on any atom is -0.350 e. The van der Waals surface area contributed by atoms with Crippen molar-refractivity contribution in [3.8, 4) is 0 Å². The molecule has 1 aromatic heterocycles. The number of carbonyl (C=O) groups excluding carboxylic acids is 1. The molecule has 0 spiro atoms. The minimum atomic E-state index is 0.0490. The second kappa shape index (κ2) is 6.98. The van der Waals surface area contributed by atoms with Crippen LogP contribution in [0.1, 0.15) is 18.2 Å². The second-order valence-electron chi connectivity index (χ2n) is 3.16. The van der Waals surface area contributed by atoms with Crippen molar-refractivity contribution < 1.29 is 4.79 Å². The zero-order chi connectivity index (χ0) is 11.1. The highest BCUT2D eigenvalue weighted by atomic mass is 79.9. The van der Waals surface area contributed by atoms with Crippen molar-refractivity contribution in [2.45, 2.75) is 19.9 Å². The Hall–Kier alpha value is -0.390. The van der Waals surface area contributed by atoms with Gasteiger partial charge >= 0.3 is 0 Å². The molecule has 3 nitrogen and oxygen atoms in total. The molecule has 5 heteroatoms. The number of rotatable bonds is 6. The number of hydrogen-bond acceptors (Lipinski definition) is 3. The summed E-state index contributed by atoms with van der Waals surface area (Å²) < 4.78 is 1.09. The SMILES string of the molecule is CCCNCC(=O)NCc1ccc(Br)s1. The number of halogens is 1. The van der Waals surface area contributed by atoms with E-state index < -0.39 is 0 Å². The van der Waals surface area contributed by atoms with Gasteiger partial charge in [-0.3, -0.25) is 4.79 Å². The van der Waals surface area contributed by atoms with Crippen LogP contribution in [-0.4, -0.2) is 19.0 Å². The van der Waals surface area contributed by atoms with E-state index in [9.17, 15) is 4.79 Å². The molecule has 0 aromatic carbocycles. The zero-order valence-electron chi connectivity index (χ0n) is 8.68. The van der Waals surface area contributed by atoms with Crippen LogP contribution < -0.4 is 10.6 Å². The molecule has 0 atom stereocenters. The topological polar surface area (TPSA) is 41.1 Å². The lowest BCUT2D eigenvalue weighted by atomic mass is 10.4. The highest BCUT2D eigenvalue weighted by molar-refractivity contribution is 9.11. The van der Waals surface area contributed by atoms with E-state index in [0.717, 1.165) is 21.6 Å². The standard InChI is InChI=1S/C10H15BrN2OS/c1-2-5-12-7-10(14)13-6-8-3-4-9(11)15-8/h3-4,12H,2,5-7H2,1H3,(H,13,14). The van der Waals surface area contributed by atoms with Crippen molar-refractivity contribution in [2.75, 3.05) is 13.1 Å². The van der Waals surface area contributed by atoms with Crippen LogP contribution in [0.3, 0.4) is 0 Å². The quantitative estimate of drug-likeness (QED) is 0.788. The Labute approximate surface area is 102 Å². The first kappa shape index (κ1) is 12.7. The third kappa shape index (κ3) is 5.30. The van der Waals surface area contributed by atoms with E-state index in [1.165, 1.54) is 0 Å². The molecule has 0 aliphatic carbocycles. The lowest BCUT2D eigenvalue weighted by Crippen LogP contribution is -2.33. The van der Waals surface area contributed by atoms with Gasteiger partial charge in [0.25, 0.3) is 0 Å². The molecular weight excluding hydrogens is 276 g/mol. The monoisotopic (exact) mass is 290 g/mol. The molecule has 0 aliphatic heterocycles. The van der Waals surface area contributed by atoms with E-state index in [4.69, 9.17) is 0 Å². The van der Waals surface area contributed by atoms with Gasteiger partial charge in [-0.1, -0.05) is 6.92 Å². The predicted octanol–water partition coefficient (Wildman–Crippen LogP) is 2.13. The number of hydrogen-bond donors (Lipinski definition) is 2. The molecule has 15 heavy (non-hydrogen) atoms. The zero-order valence-corrected chi connectivity index (χ0v) is 11.1. The summed E-state index contributed by atoms with van der Waals surface area (Å²) in [6.45, 7) is 3.98. The van der Waals surface area contributed by atoms with Gasteiger partial charge in [0.05, 0.1) is 16.9 Å². The van der Waals surface area contributed by atoms with Crippen LogP contribution in [-0.2, 0) is 11.3 Å². The molecule has 84 valence electrons.